The molecule has 1 saturated heterocycles. The standard InChI is InChI=1S/C16H27NO/c1-13-5-2-10-16(11-13)17-12-14(6-3-7-14)15(18-16)8-4-9-15/h13,17H,2-12H2,1H3. The Morgan fingerprint density at radius 2 is 1.78 bits per heavy atom. The fourth-order valence-corrected chi connectivity index (χ4v) is 5.13. The Morgan fingerprint density at radius 1 is 1.00 bits per heavy atom. The van der Waals surface area contributed by atoms with Crippen LogP contribution in [0.3, 0.4) is 0 Å². The first kappa shape index (κ1) is 11.7. The molecule has 4 rings (SSSR count). The van der Waals surface area contributed by atoms with Crippen molar-refractivity contribution in [2.24, 2.45) is 11.3 Å². The highest BCUT2D eigenvalue weighted by Gasteiger charge is 2.64. The van der Waals surface area contributed by atoms with Crippen LogP contribution in [0.5, 0.6) is 0 Å². The van der Waals surface area contributed by atoms with E-state index in [9.17, 15) is 0 Å². The molecule has 3 spiro atoms. The minimum Gasteiger partial charge on any atom is -0.354 e. The zero-order valence-electron chi connectivity index (χ0n) is 11.8. The van der Waals surface area contributed by atoms with Gasteiger partial charge in [-0.15, -0.1) is 0 Å². The predicted octanol–water partition coefficient (Wildman–Crippen LogP) is 3.61. The molecular formula is C16H27NO. The van der Waals surface area contributed by atoms with E-state index in [0.717, 1.165) is 5.92 Å². The average molecular weight is 249 g/mol. The van der Waals surface area contributed by atoms with Crippen LogP contribution in [0.2, 0.25) is 0 Å². The van der Waals surface area contributed by atoms with Crippen LogP contribution in [0.4, 0.5) is 0 Å². The van der Waals surface area contributed by atoms with Crippen molar-refractivity contribution in [1.82, 2.24) is 5.32 Å². The van der Waals surface area contributed by atoms with Crippen LogP contribution in [0, 0.1) is 11.3 Å². The van der Waals surface area contributed by atoms with Gasteiger partial charge in [0, 0.05) is 12.0 Å². The molecule has 2 atom stereocenters. The fourth-order valence-electron chi connectivity index (χ4n) is 5.13. The third-order valence-corrected chi connectivity index (χ3v) is 6.53. The predicted molar refractivity (Wildman–Crippen MR) is 72.3 cm³/mol. The second-order valence-electron chi connectivity index (χ2n) is 7.63. The zero-order chi connectivity index (χ0) is 12.3. The molecule has 2 heteroatoms. The van der Waals surface area contributed by atoms with Crippen molar-refractivity contribution in [2.75, 3.05) is 6.54 Å². The maximum atomic E-state index is 6.86. The average Bonchev–Trinajstić information content (AvgIpc) is 2.24. The summed E-state index contributed by atoms with van der Waals surface area (Å²) in [4.78, 5) is 0. The molecule has 0 aromatic rings. The number of ether oxygens (including phenoxy) is 1. The smallest absolute Gasteiger partial charge is 0.120 e. The van der Waals surface area contributed by atoms with Gasteiger partial charge < -0.3 is 4.74 Å². The summed E-state index contributed by atoms with van der Waals surface area (Å²) in [5, 5.41) is 3.86. The third kappa shape index (κ3) is 1.42. The molecule has 3 saturated carbocycles. The maximum Gasteiger partial charge on any atom is 0.120 e. The first-order valence-corrected chi connectivity index (χ1v) is 8.13. The van der Waals surface area contributed by atoms with Crippen LogP contribution < -0.4 is 5.32 Å². The summed E-state index contributed by atoms with van der Waals surface area (Å²) in [6.07, 6.45) is 13.5. The van der Waals surface area contributed by atoms with Crippen molar-refractivity contribution in [3.63, 3.8) is 0 Å². The lowest BCUT2D eigenvalue weighted by atomic mass is 9.51. The van der Waals surface area contributed by atoms with E-state index in [0.29, 0.717) is 5.41 Å². The monoisotopic (exact) mass is 249 g/mol. The molecule has 4 fully saturated rings. The van der Waals surface area contributed by atoms with Gasteiger partial charge >= 0.3 is 0 Å². The van der Waals surface area contributed by atoms with E-state index in [1.807, 2.05) is 0 Å². The van der Waals surface area contributed by atoms with E-state index < -0.39 is 0 Å². The van der Waals surface area contributed by atoms with Crippen molar-refractivity contribution in [3.8, 4) is 0 Å². The van der Waals surface area contributed by atoms with Crippen molar-refractivity contribution < 1.29 is 4.74 Å². The normalized spacial score (nSPS) is 44.8. The Balaban J connectivity index is 1.59. The molecule has 2 nitrogen and oxygen atoms in total. The molecule has 0 aromatic heterocycles. The van der Waals surface area contributed by atoms with Crippen LogP contribution in [0.1, 0.15) is 71.1 Å². The molecule has 3 aliphatic carbocycles. The Labute approximate surface area is 111 Å². The summed E-state index contributed by atoms with van der Waals surface area (Å²) in [5.41, 5.74) is 0.865. The topological polar surface area (TPSA) is 21.3 Å². The lowest BCUT2D eigenvalue weighted by Gasteiger charge is -2.67. The Bertz CT molecular complexity index is 345. The summed E-state index contributed by atoms with van der Waals surface area (Å²) < 4.78 is 6.86. The Kier molecular flexibility index (Phi) is 2.43. The lowest BCUT2D eigenvalue weighted by molar-refractivity contribution is -0.315. The Morgan fingerprint density at radius 3 is 2.33 bits per heavy atom. The van der Waals surface area contributed by atoms with Gasteiger partial charge in [0.15, 0.2) is 0 Å². The van der Waals surface area contributed by atoms with Gasteiger partial charge in [0.25, 0.3) is 0 Å². The maximum absolute atomic E-state index is 6.86. The van der Waals surface area contributed by atoms with E-state index in [-0.39, 0.29) is 11.3 Å². The molecule has 0 aromatic carbocycles. The first-order valence-electron chi connectivity index (χ1n) is 8.13. The Hall–Kier alpha value is -0.0800. The fraction of sp³-hybridized carbons (Fsp3) is 1.00. The van der Waals surface area contributed by atoms with Crippen LogP contribution in [-0.4, -0.2) is 17.9 Å². The largest absolute Gasteiger partial charge is 0.354 e. The van der Waals surface area contributed by atoms with Crippen LogP contribution in [0.15, 0.2) is 0 Å². The van der Waals surface area contributed by atoms with Crippen LogP contribution in [0.25, 0.3) is 0 Å². The molecule has 2 unspecified atom stereocenters. The van der Waals surface area contributed by atoms with Crippen molar-refractivity contribution in [3.05, 3.63) is 0 Å². The van der Waals surface area contributed by atoms with E-state index in [1.165, 1.54) is 70.8 Å². The molecule has 18 heavy (non-hydrogen) atoms. The minimum absolute atomic E-state index is 0.0545. The summed E-state index contributed by atoms with van der Waals surface area (Å²) >= 11 is 0. The van der Waals surface area contributed by atoms with Crippen LogP contribution in [-0.2, 0) is 4.74 Å². The molecular weight excluding hydrogens is 222 g/mol. The van der Waals surface area contributed by atoms with Gasteiger partial charge in [-0.05, 0) is 57.3 Å². The highest BCUT2D eigenvalue weighted by Crippen LogP contribution is 2.62. The van der Waals surface area contributed by atoms with E-state index >= 15 is 0 Å². The number of fused-ring (bicyclic) bond motifs is 1. The van der Waals surface area contributed by atoms with Gasteiger partial charge in [0.2, 0.25) is 0 Å². The van der Waals surface area contributed by atoms with Gasteiger partial charge in [0.1, 0.15) is 5.72 Å². The number of hydrogen-bond donors (Lipinski definition) is 1. The minimum atomic E-state index is 0.0545. The van der Waals surface area contributed by atoms with E-state index in [2.05, 4.69) is 12.2 Å². The molecule has 0 radical (unpaired) electrons. The molecule has 0 bridgehead atoms. The van der Waals surface area contributed by atoms with Gasteiger partial charge in [-0.1, -0.05) is 19.8 Å². The second-order valence-corrected chi connectivity index (χ2v) is 7.63. The quantitative estimate of drug-likeness (QED) is 0.708. The highest BCUT2D eigenvalue weighted by molar-refractivity contribution is 5.14. The number of rotatable bonds is 0. The van der Waals surface area contributed by atoms with Gasteiger partial charge in [0.05, 0.1) is 5.60 Å². The third-order valence-electron chi connectivity index (χ3n) is 6.53. The number of hydrogen-bond acceptors (Lipinski definition) is 2. The van der Waals surface area contributed by atoms with Gasteiger partial charge in [-0.3, -0.25) is 5.32 Å². The summed E-state index contributed by atoms with van der Waals surface area (Å²) in [7, 11) is 0. The summed E-state index contributed by atoms with van der Waals surface area (Å²) in [5.74, 6) is 0.832. The van der Waals surface area contributed by atoms with E-state index in [4.69, 9.17) is 4.74 Å². The zero-order valence-corrected chi connectivity index (χ0v) is 11.8. The highest BCUT2D eigenvalue weighted by atomic mass is 16.5. The first-order chi connectivity index (χ1) is 8.68. The lowest BCUT2D eigenvalue weighted by Crippen LogP contribution is -2.73. The molecule has 4 aliphatic rings. The molecule has 102 valence electrons. The summed E-state index contributed by atoms with van der Waals surface area (Å²) in [6, 6.07) is 0. The second kappa shape index (κ2) is 3.73. The summed E-state index contributed by atoms with van der Waals surface area (Å²) in [6.45, 7) is 3.63. The van der Waals surface area contributed by atoms with E-state index in [1.54, 1.807) is 0 Å². The molecule has 0 amide bonds. The van der Waals surface area contributed by atoms with Crippen LogP contribution >= 0.6 is 0 Å². The molecule has 1 N–H and O–H groups in total. The van der Waals surface area contributed by atoms with Crippen molar-refractivity contribution in [2.45, 2.75) is 82.5 Å². The van der Waals surface area contributed by atoms with Crippen molar-refractivity contribution in [1.29, 1.82) is 0 Å². The molecule has 1 heterocycles. The molecule has 1 aliphatic heterocycles. The van der Waals surface area contributed by atoms with Gasteiger partial charge in [-0.25, -0.2) is 0 Å². The number of nitrogens with one attached hydrogen (secondary N) is 1. The SMILES string of the molecule is CC1CCCC2(C1)NCC1(CCC1)C1(CCC1)O2. The van der Waals surface area contributed by atoms with Gasteiger partial charge in [-0.2, -0.15) is 0 Å². The van der Waals surface area contributed by atoms with Crippen molar-refractivity contribution >= 4 is 0 Å².